The first-order valence-corrected chi connectivity index (χ1v) is 6.86. The van der Waals surface area contributed by atoms with Crippen molar-refractivity contribution in [2.45, 2.75) is 6.54 Å². The van der Waals surface area contributed by atoms with Crippen LogP contribution in [0, 0.1) is 0 Å². The summed E-state index contributed by atoms with van der Waals surface area (Å²) in [5, 5.41) is 10.8. The van der Waals surface area contributed by atoms with E-state index in [9.17, 15) is 4.79 Å². The number of hydrogen-bond donors (Lipinski definition) is 1. The van der Waals surface area contributed by atoms with Crippen molar-refractivity contribution >= 4 is 17.3 Å². The molecule has 0 unspecified atom stereocenters. The first-order valence-electron chi connectivity index (χ1n) is 5.98. The number of carbonyl (C=O) groups is 1. The van der Waals surface area contributed by atoms with Gasteiger partial charge < -0.3 is 9.67 Å². The second-order valence-corrected chi connectivity index (χ2v) is 5.05. The number of hydrogen-bond acceptors (Lipinski definition) is 4. The maximum atomic E-state index is 10.8. The molecular formula is C14H11N3O2S. The second kappa shape index (κ2) is 5.26. The van der Waals surface area contributed by atoms with Gasteiger partial charge in [0.05, 0.1) is 12.2 Å². The Labute approximate surface area is 119 Å². The van der Waals surface area contributed by atoms with Crippen LogP contribution in [0.4, 0.5) is 0 Å². The minimum atomic E-state index is -0.991. The molecule has 0 aliphatic rings. The van der Waals surface area contributed by atoms with Gasteiger partial charge in [-0.25, -0.2) is 14.8 Å². The Morgan fingerprint density at radius 1 is 1.30 bits per heavy atom. The lowest BCUT2D eigenvalue weighted by atomic mass is 10.2. The fourth-order valence-corrected chi connectivity index (χ4v) is 2.58. The summed E-state index contributed by atoms with van der Waals surface area (Å²) < 4.78 is 1.95. The Hall–Kier alpha value is -2.47. The van der Waals surface area contributed by atoms with Crippen molar-refractivity contribution in [3.63, 3.8) is 0 Å². The van der Waals surface area contributed by atoms with Gasteiger partial charge in [-0.15, -0.1) is 11.3 Å². The van der Waals surface area contributed by atoms with Crippen LogP contribution in [0.25, 0.3) is 11.4 Å². The van der Waals surface area contributed by atoms with E-state index in [1.807, 2.05) is 41.1 Å². The van der Waals surface area contributed by atoms with Crippen molar-refractivity contribution in [1.82, 2.24) is 14.5 Å². The van der Waals surface area contributed by atoms with E-state index in [0.717, 1.165) is 28.4 Å². The average Bonchev–Trinajstić information content (AvgIpc) is 3.09. The quantitative estimate of drug-likeness (QED) is 0.800. The van der Waals surface area contributed by atoms with E-state index in [1.165, 1.54) is 0 Å². The van der Waals surface area contributed by atoms with Crippen molar-refractivity contribution in [2.24, 2.45) is 0 Å². The van der Waals surface area contributed by atoms with Crippen molar-refractivity contribution in [1.29, 1.82) is 0 Å². The Balaban J connectivity index is 1.88. The molecule has 0 saturated heterocycles. The molecule has 0 bridgehead atoms. The van der Waals surface area contributed by atoms with E-state index in [4.69, 9.17) is 5.11 Å². The molecule has 0 atom stereocenters. The van der Waals surface area contributed by atoms with Crippen LogP contribution < -0.4 is 0 Å². The summed E-state index contributed by atoms with van der Waals surface area (Å²) in [6, 6.07) is 9.85. The van der Waals surface area contributed by atoms with Crippen LogP contribution in [0.3, 0.4) is 0 Å². The number of aromatic carboxylic acids is 1. The maximum absolute atomic E-state index is 10.8. The zero-order valence-electron chi connectivity index (χ0n) is 10.4. The van der Waals surface area contributed by atoms with Crippen molar-refractivity contribution in [2.75, 3.05) is 0 Å². The monoisotopic (exact) mass is 285 g/mol. The fourth-order valence-electron chi connectivity index (χ4n) is 1.94. The number of benzene rings is 1. The van der Waals surface area contributed by atoms with Crippen LogP contribution in [0.2, 0.25) is 0 Å². The molecule has 2 heterocycles. The van der Waals surface area contributed by atoms with Gasteiger partial charge in [-0.1, -0.05) is 30.3 Å². The van der Waals surface area contributed by atoms with Gasteiger partial charge in [0.25, 0.3) is 0 Å². The first kappa shape index (κ1) is 12.6. The highest BCUT2D eigenvalue weighted by molar-refractivity contribution is 7.11. The largest absolute Gasteiger partial charge is 0.476 e. The van der Waals surface area contributed by atoms with Crippen LogP contribution in [0.15, 0.2) is 48.1 Å². The molecule has 0 spiro atoms. The number of nitrogens with zero attached hydrogens (tertiary/aromatic N) is 3. The van der Waals surface area contributed by atoms with Crippen LogP contribution in [0.1, 0.15) is 15.5 Å². The standard InChI is InChI=1S/C14H11N3O2S/c18-14(19)13-16-11(9-20-13)8-17-7-6-15-12(17)10-4-2-1-3-5-10/h1-7,9H,8H2,(H,18,19). The number of thiazole rings is 1. The summed E-state index contributed by atoms with van der Waals surface area (Å²) in [6.07, 6.45) is 3.59. The average molecular weight is 285 g/mol. The molecule has 3 aromatic rings. The van der Waals surface area contributed by atoms with Crippen molar-refractivity contribution in [3.8, 4) is 11.4 Å². The summed E-state index contributed by atoms with van der Waals surface area (Å²) >= 11 is 1.14. The zero-order valence-corrected chi connectivity index (χ0v) is 11.2. The van der Waals surface area contributed by atoms with Gasteiger partial charge in [-0.05, 0) is 0 Å². The van der Waals surface area contributed by atoms with Gasteiger partial charge >= 0.3 is 5.97 Å². The molecule has 2 aromatic heterocycles. The number of aromatic nitrogens is 3. The number of imidazole rings is 1. The third-order valence-electron chi connectivity index (χ3n) is 2.81. The molecule has 0 saturated carbocycles. The molecule has 1 aromatic carbocycles. The van der Waals surface area contributed by atoms with E-state index in [2.05, 4.69) is 9.97 Å². The number of rotatable bonds is 4. The van der Waals surface area contributed by atoms with Crippen LogP contribution >= 0.6 is 11.3 Å². The lowest BCUT2D eigenvalue weighted by Gasteiger charge is -2.05. The zero-order chi connectivity index (χ0) is 13.9. The smallest absolute Gasteiger partial charge is 0.365 e. The second-order valence-electron chi connectivity index (χ2n) is 4.19. The van der Waals surface area contributed by atoms with E-state index in [0.29, 0.717) is 6.54 Å². The van der Waals surface area contributed by atoms with E-state index < -0.39 is 5.97 Å². The number of carboxylic acid groups (broad SMARTS) is 1. The summed E-state index contributed by atoms with van der Waals surface area (Å²) in [6.45, 7) is 0.508. The topological polar surface area (TPSA) is 68.0 Å². The van der Waals surface area contributed by atoms with E-state index in [-0.39, 0.29) is 5.01 Å². The molecule has 0 aliphatic carbocycles. The maximum Gasteiger partial charge on any atom is 0.365 e. The van der Waals surface area contributed by atoms with Gasteiger partial charge in [0, 0.05) is 23.3 Å². The molecular weight excluding hydrogens is 274 g/mol. The van der Waals surface area contributed by atoms with Crippen LogP contribution in [0.5, 0.6) is 0 Å². The van der Waals surface area contributed by atoms with Gasteiger partial charge in [0.15, 0.2) is 0 Å². The van der Waals surface area contributed by atoms with Gasteiger partial charge in [0.1, 0.15) is 5.82 Å². The van der Waals surface area contributed by atoms with Crippen LogP contribution in [-0.2, 0) is 6.54 Å². The van der Waals surface area contributed by atoms with E-state index in [1.54, 1.807) is 11.6 Å². The molecule has 0 fully saturated rings. The predicted octanol–water partition coefficient (Wildman–Crippen LogP) is 2.75. The number of carboxylic acids is 1. The van der Waals surface area contributed by atoms with E-state index >= 15 is 0 Å². The minimum absolute atomic E-state index is 0.112. The van der Waals surface area contributed by atoms with Crippen molar-refractivity contribution in [3.05, 3.63) is 58.8 Å². The summed E-state index contributed by atoms with van der Waals surface area (Å²) in [7, 11) is 0. The van der Waals surface area contributed by atoms with Gasteiger partial charge in [-0.2, -0.15) is 0 Å². The third-order valence-corrected chi connectivity index (χ3v) is 3.69. The molecule has 0 radical (unpaired) electrons. The molecule has 1 N–H and O–H groups in total. The first-order chi connectivity index (χ1) is 9.74. The Bertz CT molecular complexity index is 734. The van der Waals surface area contributed by atoms with Gasteiger partial charge in [0.2, 0.25) is 5.01 Å². The molecule has 100 valence electrons. The summed E-state index contributed by atoms with van der Waals surface area (Å²) in [5.74, 6) is -0.148. The normalized spacial score (nSPS) is 10.6. The lowest BCUT2D eigenvalue weighted by molar-refractivity contribution is 0.0696. The SMILES string of the molecule is O=C(O)c1nc(Cn2ccnc2-c2ccccc2)cs1. The molecule has 0 aliphatic heterocycles. The predicted molar refractivity (Wildman–Crippen MR) is 75.8 cm³/mol. The molecule has 20 heavy (non-hydrogen) atoms. The highest BCUT2D eigenvalue weighted by Gasteiger charge is 2.11. The Morgan fingerprint density at radius 3 is 2.80 bits per heavy atom. The highest BCUT2D eigenvalue weighted by Crippen LogP contribution is 2.19. The van der Waals surface area contributed by atoms with Gasteiger partial charge in [-0.3, -0.25) is 0 Å². The third kappa shape index (κ3) is 2.46. The minimum Gasteiger partial charge on any atom is -0.476 e. The lowest BCUT2D eigenvalue weighted by Crippen LogP contribution is -2.02. The Kier molecular flexibility index (Phi) is 3.30. The summed E-state index contributed by atoms with van der Waals surface area (Å²) in [4.78, 5) is 19.3. The molecule has 3 rings (SSSR count). The molecule has 5 nitrogen and oxygen atoms in total. The van der Waals surface area contributed by atoms with Crippen LogP contribution in [-0.4, -0.2) is 25.6 Å². The summed E-state index contributed by atoms with van der Waals surface area (Å²) in [5.41, 5.74) is 1.74. The molecule has 0 amide bonds. The molecule has 6 heteroatoms. The highest BCUT2D eigenvalue weighted by atomic mass is 32.1. The van der Waals surface area contributed by atoms with Crippen molar-refractivity contribution < 1.29 is 9.90 Å². The Morgan fingerprint density at radius 2 is 2.10 bits per heavy atom. The fraction of sp³-hybridized carbons (Fsp3) is 0.0714.